The van der Waals surface area contributed by atoms with Gasteiger partial charge < -0.3 is 15.0 Å². The van der Waals surface area contributed by atoms with E-state index in [1.54, 1.807) is 0 Å². The van der Waals surface area contributed by atoms with Crippen molar-refractivity contribution in [2.75, 3.05) is 13.7 Å². The molecule has 1 saturated carbocycles. The molecule has 1 fully saturated rings. The maximum Gasteiger partial charge on any atom is 0.407 e. The van der Waals surface area contributed by atoms with Gasteiger partial charge in [0, 0.05) is 12.6 Å². The number of hydrogen-bond donors (Lipinski definition) is 1. The van der Waals surface area contributed by atoms with E-state index in [1.807, 2.05) is 32.6 Å². The molecule has 0 heterocycles. The van der Waals surface area contributed by atoms with Gasteiger partial charge in [0.1, 0.15) is 6.04 Å². The molecule has 1 rings (SSSR count). The SMILES string of the molecule is CC.CCC(NC(=O)OC)C(=O)N(CC)C1CCCCC1C. The van der Waals surface area contributed by atoms with Crippen molar-refractivity contribution in [3.05, 3.63) is 0 Å². The molecule has 0 aromatic rings. The van der Waals surface area contributed by atoms with Crippen LogP contribution in [0.5, 0.6) is 0 Å². The molecule has 3 atom stereocenters. The molecule has 2 amide bonds. The maximum atomic E-state index is 12.7. The third kappa shape index (κ3) is 5.85. The van der Waals surface area contributed by atoms with E-state index in [1.165, 1.54) is 26.4 Å². The first-order chi connectivity index (χ1) is 10.5. The average Bonchev–Trinajstić information content (AvgIpc) is 2.56. The number of alkyl carbamates (subject to hydrolysis) is 1. The van der Waals surface area contributed by atoms with Crippen LogP contribution in [-0.2, 0) is 9.53 Å². The lowest BCUT2D eigenvalue weighted by Crippen LogP contribution is -2.53. The summed E-state index contributed by atoms with van der Waals surface area (Å²) in [4.78, 5) is 25.9. The molecule has 3 unspecified atom stereocenters. The first-order valence-corrected chi connectivity index (χ1v) is 8.70. The fourth-order valence-electron chi connectivity index (χ4n) is 3.05. The third-order valence-corrected chi connectivity index (χ3v) is 4.27. The average molecular weight is 314 g/mol. The standard InChI is InChI=1S/C15H28N2O3.C2H6/c1-5-12(16-15(19)20-4)14(18)17(6-2)13-10-8-7-9-11(13)3;1-2/h11-13H,5-10H2,1-4H3,(H,16,19);1-2H3. The quantitative estimate of drug-likeness (QED) is 0.844. The van der Waals surface area contributed by atoms with Gasteiger partial charge in [0.2, 0.25) is 5.91 Å². The van der Waals surface area contributed by atoms with Crippen LogP contribution in [0.25, 0.3) is 0 Å². The summed E-state index contributed by atoms with van der Waals surface area (Å²) in [7, 11) is 1.31. The van der Waals surface area contributed by atoms with Crippen molar-refractivity contribution in [3.63, 3.8) is 0 Å². The van der Waals surface area contributed by atoms with Crippen molar-refractivity contribution in [1.82, 2.24) is 10.2 Å². The molecular formula is C17H34N2O3. The number of hydrogen-bond acceptors (Lipinski definition) is 3. The van der Waals surface area contributed by atoms with E-state index in [4.69, 9.17) is 0 Å². The largest absolute Gasteiger partial charge is 0.453 e. The van der Waals surface area contributed by atoms with Gasteiger partial charge in [-0.3, -0.25) is 4.79 Å². The zero-order valence-corrected chi connectivity index (χ0v) is 15.1. The molecule has 0 bridgehead atoms. The molecule has 0 aromatic heterocycles. The summed E-state index contributed by atoms with van der Waals surface area (Å²) in [5.74, 6) is 0.544. The Morgan fingerprint density at radius 1 is 1.23 bits per heavy atom. The first kappa shape index (κ1) is 20.7. The number of rotatable bonds is 5. The van der Waals surface area contributed by atoms with Crippen LogP contribution in [0, 0.1) is 5.92 Å². The van der Waals surface area contributed by atoms with Crippen LogP contribution in [0.3, 0.4) is 0 Å². The van der Waals surface area contributed by atoms with Gasteiger partial charge in [-0.2, -0.15) is 0 Å². The highest BCUT2D eigenvalue weighted by Crippen LogP contribution is 2.28. The minimum absolute atomic E-state index is 0.0131. The van der Waals surface area contributed by atoms with Gasteiger partial charge in [-0.05, 0) is 32.1 Å². The van der Waals surface area contributed by atoms with Gasteiger partial charge in [-0.15, -0.1) is 0 Å². The molecule has 22 heavy (non-hydrogen) atoms. The van der Waals surface area contributed by atoms with Crippen molar-refractivity contribution in [1.29, 1.82) is 0 Å². The van der Waals surface area contributed by atoms with E-state index < -0.39 is 12.1 Å². The van der Waals surface area contributed by atoms with Crippen LogP contribution in [0.1, 0.15) is 66.7 Å². The van der Waals surface area contributed by atoms with Crippen molar-refractivity contribution in [3.8, 4) is 0 Å². The predicted molar refractivity (Wildman–Crippen MR) is 89.8 cm³/mol. The highest BCUT2D eigenvalue weighted by molar-refractivity contribution is 5.85. The van der Waals surface area contributed by atoms with E-state index in [-0.39, 0.29) is 5.91 Å². The van der Waals surface area contributed by atoms with Crippen LogP contribution in [0.15, 0.2) is 0 Å². The summed E-state index contributed by atoms with van der Waals surface area (Å²) >= 11 is 0. The molecule has 1 aliphatic rings. The van der Waals surface area contributed by atoms with Gasteiger partial charge in [0.15, 0.2) is 0 Å². The topological polar surface area (TPSA) is 58.6 Å². The second-order valence-electron chi connectivity index (χ2n) is 5.55. The lowest BCUT2D eigenvalue weighted by Gasteiger charge is -2.39. The number of ether oxygens (including phenoxy) is 1. The summed E-state index contributed by atoms with van der Waals surface area (Å²) < 4.78 is 4.59. The Kier molecular flexibility index (Phi) is 10.7. The van der Waals surface area contributed by atoms with Gasteiger partial charge in [-0.25, -0.2) is 4.79 Å². The molecule has 0 spiro atoms. The van der Waals surface area contributed by atoms with Crippen LogP contribution >= 0.6 is 0 Å². The Labute approximate surface area is 135 Å². The fraction of sp³-hybridized carbons (Fsp3) is 0.882. The summed E-state index contributed by atoms with van der Waals surface area (Å²) in [6.45, 7) is 10.8. The number of carbonyl (C=O) groups is 2. The maximum absolute atomic E-state index is 12.7. The molecule has 5 nitrogen and oxygen atoms in total. The summed E-state index contributed by atoms with van der Waals surface area (Å²) in [5.41, 5.74) is 0. The van der Waals surface area contributed by atoms with Gasteiger partial charge in [0.05, 0.1) is 7.11 Å². The van der Waals surface area contributed by atoms with Gasteiger partial charge in [0.25, 0.3) is 0 Å². The van der Waals surface area contributed by atoms with Crippen LogP contribution in [0.2, 0.25) is 0 Å². The number of amides is 2. The molecule has 1 N–H and O–H groups in total. The molecule has 0 aromatic carbocycles. The molecule has 0 saturated heterocycles. The highest BCUT2D eigenvalue weighted by Gasteiger charge is 2.33. The molecule has 130 valence electrons. The van der Waals surface area contributed by atoms with Gasteiger partial charge in [-0.1, -0.05) is 40.5 Å². The summed E-state index contributed by atoms with van der Waals surface area (Å²) in [5, 5.41) is 2.63. The van der Waals surface area contributed by atoms with Crippen LogP contribution < -0.4 is 5.32 Å². The number of nitrogens with one attached hydrogen (secondary N) is 1. The van der Waals surface area contributed by atoms with Gasteiger partial charge >= 0.3 is 6.09 Å². The first-order valence-electron chi connectivity index (χ1n) is 8.70. The number of likely N-dealkylation sites (N-methyl/N-ethyl adjacent to an activating group) is 1. The Bertz CT molecular complexity index is 334. The summed E-state index contributed by atoms with van der Waals surface area (Å²) in [6.07, 6.45) is 4.70. The van der Waals surface area contributed by atoms with Crippen molar-refractivity contribution in [2.45, 2.75) is 78.8 Å². The molecule has 0 radical (unpaired) electrons. The zero-order valence-electron chi connectivity index (χ0n) is 15.1. The van der Waals surface area contributed by atoms with Crippen molar-refractivity contribution < 1.29 is 14.3 Å². The Hall–Kier alpha value is -1.26. The molecule has 5 heteroatoms. The monoisotopic (exact) mass is 314 g/mol. The molecule has 1 aliphatic carbocycles. The van der Waals surface area contributed by atoms with E-state index in [9.17, 15) is 9.59 Å². The fourth-order valence-corrected chi connectivity index (χ4v) is 3.05. The van der Waals surface area contributed by atoms with Crippen LogP contribution in [0.4, 0.5) is 4.79 Å². The predicted octanol–water partition coefficient (Wildman–Crippen LogP) is 3.57. The van der Waals surface area contributed by atoms with E-state index in [2.05, 4.69) is 17.0 Å². The van der Waals surface area contributed by atoms with E-state index in [0.717, 1.165) is 6.42 Å². The third-order valence-electron chi connectivity index (χ3n) is 4.27. The second kappa shape index (κ2) is 11.3. The zero-order chi connectivity index (χ0) is 17.1. The second-order valence-corrected chi connectivity index (χ2v) is 5.55. The Balaban J connectivity index is 0.00000211. The minimum Gasteiger partial charge on any atom is -0.453 e. The van der Waals surface area contributed by atoms with Crippen molar-refractivity contribution in [2.24, 2.45) is 5.92 Å². The number of carbonyl (C=O) groups excluding carboxylic acids is 2. The van der Waals surface area contributed by atoms with E-state index in [0.29, 0.717) is 24.9 Å². The minimum atomic E-state index is -0.544. The number of methoxy groups -OCH3 is 1. The Morgan fingerprint density at radius 3 is 2.27 bits per heavy atom. The van der Waals surface area contributed by atoms with E-state index >= 15 is 0 Å². The van der Waals surface area contributed by atoms with Crippen molar-refractivity contribution >= 4 is 12.0 Å². The number of nitrogens with zero attached hydrogens (tertiary/aromatic N) is 1. The lowest BCUT2D eigenvalue weighted by molar-refractivity contribution is -0.137. The van der Waals surface area contributed by atoms with Crippen LogP contribution in [-0.4, -0.2) is 42.6 Å². The normalized spacial score (nSPS) is 21.9. The molecule has 0 aliphatic heterocycles. The lowest BCUT2D eigenvalue weighted by atomic mass is 9.84. The summed E-state index contributed by atoms with van der Waals surface area (Å²) in [6, 6.07) is -0.189. The highest BCUT2D eigenvalue weighted by atomic mass is 16.5. The Morgan fingerprint density at radius 2 is 1.82 bits per heavy atom. The molecular weight excluding hydrogens is 280 g/mol. The smallest absolute Gasteiger partial charge is 0.407 e.